The summed E-state index contributed by atoms with van der Waals surface area (Å²) in [5.41, 5.74) is 0.692. The number of phenols is 1. The van der Waals surface area contributed by atoms with Gasteiger partial charge in [-0.2, -0.15) is 0 Å². The number of aliphatic imine (C=N–C) groups is 1. The largest absolute Gasteiger partial charge is 0.505 e. The normalized spacial score (nSPS) is 11.5. The summed E-state index contributed by atoms with van der Waals surface area (Å²) in [6.45, 7) is 5.63. The van der Waals surface area contributed by atoms with Gasteiger partial charge in [0.1, 0.15) is 5.01 Å². The average molecular weight is 322 g/mol. The molecule has 5 nitrogen and oxygen atoms in total. The molecule has 0 fully saturated rings. The number of hydrogen-bond donors (Lipinski definition) is 3. The minimum absolute atomic E-state index is 0.323. The van der Waals surface area contributed by atoms with E-state index in [0.29, 0.717) is 24.6 Å². The molecule has 0 aliphatic carbocycles. The van der Waals surface area contributed by atoms with Crippen LogP contribution in [0.4, 0.5) is 4.39 Å². The maximum Gasteiger partial charge on any atom is 0.191 e. The number of benzene rings is 1. The molecule has 22 heavy (non-hydrogen) atoms. The Morgan fingerprint density at radius 3 is 2.86 bits per heavy atom. The third-order valence-electron chi connectivity index (χ3n) is 2.85. The molecule has 2 aromatic rings. The SMILES string of the molecule is CCNC(=NCc1ccc(O)c(F)c1)NCc1ncc(C)s1. The van der Waals surface area contributed by atoms with Gasteiger partial charge < -0.3 is 15.7 Å². The molecule has 0 aliphatic rings. The fraction of sp³-hybridized carbons (Fsp3) is 0.333. The van der Waals surface area contributed by atoms with Gasteiger partial charge in [0.2, 0.25) is 0 Å². The van der Waals surface area contributed by atoms with Gasteiger partial charge >= 0.3 is 0 Å². The molecule has 0 atom stereocenters. The highest BCUT2D eigenvalue weighted by atomic mass is 32.1. The molecule has 118 valence electrons. The lowest BCUT2D eigenvalue weighted by atomic mass is 10.2. The third kappa shape index (κ3) is 4.70. The van der Waals surface area contributed by atoms with Crippen LogP contribution in [0.1, 0.15) is 22.4 Å². The maximum atomic E-state index is 13.3. The first-order valence-electron chi connectivity index (χ1n) is 6.99. The Balaban J connectivity index is 1.98. The van der Waals surface area contributed by atoms with Crippen molar-refractivity contribution >= 4 is 17.3 Å². The Morgan fingerprint density at radius 1 is 1.41 bits per heavy atom. The molecule has 1 aromatic carbocycles. The van der Waals surface area contributed by atoms with Crippen molar-refractivity contribution < 1.29 is 9.50 Å². The molecule has 0 saturated heterocycles. The van der Waals surface area contributed by atoms with Crippen LogP contribution in [-0.4, -0.2) is 22.6 Å². The molecule has 0 radical (unpaired) electrons. The Labute approximate surface area is 132 Å². The van der Waals surface area contributed by atoms with Crippen molar-refractivity contribution in [3.63, 3.8) is 0 Å². The van der Waals surface area contributed by atoms with E-state index in [1.54, 1.807) is 17.4 Å². The first-order valence-corrected chi connectivity index (χ1v) is 7.81. The molecular formula is C15H19FN4OS. The molecule has 3 N–H and O–H groups in total. The summed E-state index contributed by atoms with van der Waals surface area (Å²) >= 11 is 1.63. The number of aromatic hydroxyl groups is 1. The Morgan fingerprint density at radius 2 is 2.23 bits per heavy atom. The number of aromatic nitrogens is 1. The van der Waals surface area contributed by atoms with Gasteiger partial charge in [0.05, 0.1) is 13.1 Å². The molecule has 0 amide bonds. The number of thiazole rings is 1. The van der Waals surface area contributed by atoms with Crippen LogP contribution in [-0.2, 0) is 13.1 Å². The Bertz CT molecular complexity index is 657. The molecule has 1 heterocycles. The molecule has 2 rings (SSSR count). The second-order valence-electron chi connectivity index (χ2n) is 4.70. The van der Waals surface area contributed by atoms with Gasteiger partial charge in [-0.25, -0.2) is 14.4 Å². The van der Waals surface area contributed by atoms with Crippen molar-refractivity contribution in [1.29, 1.82) is 0 Å². The van der Waals surface area contributed by atoms with E-state index in [4.69, 9.17) is 0 Å². The molecule has 1 aromatic heterocycles. The fourth-order valence-corrected chi connectivity index (χ4v) is 2.53. The summed E-state index contributed by atoms with van der Waals surface area (Å²) in [7, 11) is 0. The Kier molecular flexibility index (Phi) is 5.71. The number of phenolic OH excluding ortho intramolecular Hbond substituents is 1. The van der Waals surface area contributed by atoms with Crippen molar-refractivity contribution in [3.05, 3.63) is 45.7 Å². The van der Waals surface area contributed by atoms with Gasteiger partial charge in [0.25, 0.3) is 0 Å². The van der Waals surface area contributed by atoms with Gasteiger partial charge in [-0.1, -0.05) is 6.07 Å². The maximum absolute atomic E-state index is 13.3. The summed E-state index contributed by atoms with van der Waals surface area (Å²) in [4.78, 5) is 9.85. The van der Waals surface area contributed by atoms with Gasteiger partial charge in [0.15, 0.2) is 17.5 Å². The molecule has 0 saturated carbocycles. The van der Waals surface area contributed by atoms with Gasteiger partial charge in [-0.15, -0.1) is 11.3 Å². The standard InChI is InChI=1S/C15H19FN4OS/c1-3-17-15(20-9-14-18-7-10(2)22-14)19-8-11-4-5-13(21)12(16)6-11/h4-7,21H,3,8-9H2,1-2H3,(H2,17,19,20). The van der Waals surface area contributed by atoms with Gasteiger partial charge in [-0.3, -0.25) is 0 Å². The monoisotopic (exact) mass is 322 g/mol. The number of nitrogens with one attached hydrogen (secondary N) is 2. The smallest absolute Gasteiger partial charge is 0.191 e. The number of hydrogen-bond acceptors (Lipinski definition) is 4. The number of rotatable bonds is 5. The fourth-order valence-electron chi connectivity index (χ4n) is 1.80. The summed E-state index contributed by atoms with van der Waals surface area (Å²) in [6.07, 6.45) is 1.84. The van der Waals surface area contributed by atoms with E-state index in [0.717, 1.165) is 11.6 Å². The van der Waals surface area contributed by atoms with E-state index in [-0.39, 0.29) is 5.75 Å². The quantitative estimate of drug-likeness (QED) is 0.584. The van der Waals surface area contributed by atoms with Crippen molar-refractivity contribution in [2.45, 2.75) is 26.9 Å². The van der Waals surface area contributed by atoms with Crippen molar-refractivity contribution in [3.8, 4) is 5.75 Å². The van der Waals surface area contributed by atoms with Crippen LogP contribution in [0.25, 0.3) is 0 Å². The van der Waals surface area contributed by atoms with Crippen molar-refractivity contribution in [1.82, 2.24) is 15.6 Å². The molecular weight excluding hydrogens is 303 g/mol. The van der Waals surface area contributed by atoms with Gasteiger partial charge in [-0.05, 0) is 31.5 Å². The van der Waals surface area contributed by atoms with Crippen LogP contribution >= 0.6 is 11.3 Å². The topological polar surface area (TPSA) is 69.5 Å². The van der Waals surface area contributed by atoms with E-state index in [1.807, 2.05) is 20.0 Å². The zero-order valence-electron chi connectivity index (χ0n) is 12.6. The molecule has 0 aliphatic heterocycles. The Hall–Kier alpha value is -2.15. The predicted molar refractivity (Wildman–Crippen MR) is 86.6 cm³/mol. The van der Waals surface area contributed by atoms with E-state index < -0.39 is 5.82 Å². The van der Waals surface area contributed by atoms with E-state index in [1.165, 1.54) is 17.0 Å². The zero-order valence-corrected chi connectivity index (χ0v) is 13.4. The van der Waals surface area contributed by atoms with E-state index >= 15 is 0 Å². The first-order chi connectivity index (χ1) is 10.6. The summed E-state index contributed by atoms with van der Waals surface area (Å²) in [5, 5.41) is 16.5. The number of aryl methyl sites for hydroxylation is 1. The van der Waals surface area contributed by atoms with Crippen LogP contribution in [0.15, 0.2) is 29.4 Å². The number of halogens is 1. The lowest BCUT2D eigenvalue weighted by Crippen LogP contribution is -2.36. The average Bonchev–Trinajstić information content (AvgIpc) is 2.91. The highest BCUT2D eigenvalue weighted by Gasteiger charge is 2.03. The zero-order chi connectivity index (χ0) is 15.9. The van der Waals surface area contributed by atoms with Crippen molar-refractivity contribution in [2.75, 3.05) is 6.54 Å². The summed E-state index contributed by atoms with van der Waals surface area (Å²) in [5.74, 6) is -0.343. The third-order valence-corrected chi connectivity index (χ3v) is 3.77. The molecule has 0 bridgehead atoms. The van der Waals surface area contributed by atoms with Gasteiger partial charge in [0, 0.05) is 17.6 Å². The van der Waals surface area contributed by atoms with E-state index in [9.17, 15) is 9.50 Å². The first kappa shape index (κ1) is 16.2. The number of guanidine groups is 1. The van der Waals surface area contributed by atoms with Crippen molar-refractivity contribution in [2.24, 2.45) is 4.99 Å². The second-order valence-corrected chi connectivity index (χ2v) is 6.02. The minimum atomic E-state index is -0.635. The minimum Gasteiger partial charge on any atom is -0.505 e. The predicted octanol–water partition coefficient (Wildman–Crippen LogP) is 2.55. The van der Waals surface area contributed by atoms with Crippen LogP contribution in [0.5, 0.6) is 5.75 Å². The molecule has 7 heteroatoms. The van der Waals surface area contributed by atoms with Crippen LogP contribution in [0.2, 0.25) is 0 Å². The van der Waals surface area contributed by atoms with Crippen LogP contribution in [0.3, 0.4) is 0 Å². The summed E-state index contributed by atoms with van der Waals surface area (Å²) < 4.78 is 13.3. The number of nitrogens with zero attached hydrogens (tertiary/aromatic N) is 2. The highest BCUT2D eigenvalue weighted by Crippen LogP contribution is 2.16. The van der Waals surface area contributed by atoms with Crippen LogP contribution in [0, 0.1) is 12.7 Å². The van der Waals surface area contributed by atoms with E-state index in [2.05, 4.69) is 20.6 Å². The molecule has 0 spiro atoms. The lowest BCUT2D eigenvalue weighted by Gasteiger charge is -2.10. The lowest BCUT2D eigenvalue weighted by molar-refractivity contribution is 0.432. The van der Waals surface area contributed by atoms with Crippen LogP contribution < -0.4 is 10.6 Å². The second kappa shape index (κ2) is 7.74. The molecule has 0 unspecified atom stereocenters. The highest BCUT2D eigenvalue weighted by molar-refractivity contribution is 7.11. The summed E-state index contributed by atoms with van der Waals surface area (Å²) in [6, 6.07) is 4.27.